The molecule has 0 spiro atoms. The fourth-order valence-electron chi connectivity index (χ4n) is 3.71. The summed E-state index contributed by atoms with van der Waals surface area (Å²) in [6.45, 7) is 0.362. The molecule has 1 N–H and O–H groups in total. The maximum atomic E-state index is 12.8. The second-order valence-electron chi connectivity index (χ2n) is 7.63. The first-order valence-electron chi connectivity index (χ1n) is 9.83. The van der Waals surface area contributed by atoms with Crippen molar-refractivity contribution >= 4 is 39.1 Å². The molecule has 5 rings (SSSR count). The van der Waals surface area contributed by atoms with Gasteiger partial charge >= 0.3 is 0 Å². The summed E-state index contributed by atoms with van der Waals surface area (Å²) in [6.07, 6.45) is 2.36. The Labute approximate surface area is 181 Å². The normalized spacial score (nSPS) is 18.6. The molecule has 1 aromatic heterocycles. The van der Waals surface area contributed by atoms with Crippen LogP contribution in [-0.2, 0) is 9.59 Å². The van der Waals surface area contributed by atoms with E-state index in [4.69, 9.17) is 0 Å². The summed E-state index contributed by atoms with van der Waals surface area (Å²) < 4.78 is 2.73. The Morgan fingerprint density at radius 2 is 1.97 bits per heavy atom. The van der Waals surface area contributed by atoms with E-state index in [1.165, 1.54) is 0 Å². The van der Waals surface area contributed by atoms with Crippen molar-refractivity contribution in [3.8, 4) is 11.4 Å². The molecule has 152 valence electrons. The van der Waals surface area contributed by atoms with E-state index in [-0.39, 0.29) is 18.2 Å². The van der Waals surface area contributed by atoms with Crippen molar-refractivity contribution in [3.63, 3.8) is 0 Å². The number of nitrogens with one attached hydrogen (secondary N) is 1. The number of hydrogen-bond donors (Lipinski definition) is 1. The molecule has 1 atom stereocenters. The molecule has 1 saturated carbocycles. The van der Waals surface area contributed by atoms with Crippen LogP contribution in [0.4, 0.5) is 11.4 Å². The van der Waals surface area contributed by atoms with Gasteiger partial charge in [-0.05, 0) is 53.6 Å². The number of halogens is 1. The van der Waals surface area contributed by atoms with E-state index in [1.54, 1.807) is 4.90 Å². The van der Waals surface area contributed by atoms with Gasteiger partial charge in [0, 0.05) is 34.4 Å². The molecule has 30 heavy (non-hydrogen) atoms. The zero-order valence-electron chi connectivity index (χ0n) is 16.0. The number of rotatable bonds is 5. The van der Waals surface area contributed by atoms with Crippen LogP contribution in [0.15, 0.2) is 53.0 Å². The first-order chi connectivity index (χ1) is 14.6. The number of tetrazole rings is 1. The van der Waals surface area contributed by atoms with E-state index in [2.05, 4.69) is 36.8 Å². The average Bonchev–Trinajstić information content (AvgIpc) is 3.32. The minimum Gasteiger partial charge on any atom is -0.326 e. The van der Waals surface area contributed by atoms with Crippen LogP contribution in [0.25, 0.3) is 11.4 Å². The summed E-state index contributed by atoms with van der Waals surface area (Å²) in [6, 6.07) is 15.4. The van der Waals surface area contributed by atoms with Gasteiger partial charge in [-0.1, -0.05) is 34.1 Å². The largest absolute Gasteiger partial charge is 0.326 e. The van der Waals surface area contributed by atoms with Gasteiger partial charge in [0.05, 0.1) is 12.0 Å². The fourth-order valence-corrected chi connectivity index (χ4v) is 4.09. The Morgan fingerprint density at radius 3 is 2.77 bits per heavy atom. The lowest BCUT2D eigenvalue weighted by Gasteiger charge is -2.17. The van der Waals surface area contributed by atoms with E-state index in [0.717, 1.165) is 28.6 Å². The number of carbonyl (C=O) groups is 2. The number of anilines is 2. The van der Waals surface area contributed by atoms with Gasteiger partial charge in [0.15, 0.2) is 5.82 Å². The lowest BCUT2D eigenvalue weighted by molar-refractivity contribution is -0.122. The zero-order valence-corrected chi connectivity index (χ0v) is 17.6. The van der Waals surface area contributed by atoms with Crippen molar-refractivity contribution in [2.75, 3.05) is 16.8 Å². The van der Waals surface area contributed by atoms with Crippen LogP contribution in [0.3, 0.4) is 0 Å². The Kier molecular flexibility index (Phi) is 4.82. The van der Waals surface area contributed by atoms with Crippen LogP contribution >= 0.6 is 15.9 Å². The number of aromatic nitrogens is 4. The summed E-state index contributed by atoms with van der Waals surface area (Å²) in [5.74, 6) is 0.0767. The van der Waals surface area contributed by atoms with Crippen LogP contribution < -0.4 is 10.2 Å². The summed E-state index contributed by atoms with van der Waals surface area (Å²) in [5.41, 5.74) is 2.30. The van der Waals surface area contributed by atoms with Crippen LogP contribution in [0.2, 0.25) is 0 Å². The van der Waals surface area contributed by atoms with Crippen molar-refractivity contribution in [2.24, 2.45) is 5.92 Å². The Balaban J connectivity index is 1.30. The number of hydrogen-bond acceptors (Lipinski definition) is 5. The third-order valence-corrected chi connectivity index (χ3v) is 5.88. The minimum atomic E-state index is -0.406. The number of benzene rings is 2. The third-order valence-electron chi connectivity index (χ3n) is 5.39. The maximum Gasteiger partial charge on any atom is 0.229 e. The topological polar surface area (TPSA) is 93.0 Å². The highest BCUT2D eigenvalue weighted by Crippen LogP contribution is 2.37. The zero-order chi connectivity index (χ0) is 20.7. The monoisotopic (exact) mass is 466 g/mol. The lowest BCUT2D eigenvalue weighted by atomic mass is 10.1. The molecule has 8 nitrogen and oxygen atoms in total. The standard InChI is InChI=1S/C21H19BrN6O2/c22-15-4-2-6-18(11-15)27-12-14(10-19(27)29)21(30)23-16-5-1-3-13(9-16)20-24-25-26-28(20)17-7-8-17/h1-6,9,11,14,17H,7-8,10,12H2,(H,23,30). The van der Waals surface area contributed by atoms with Crippen molar-refractivity contribution in [3.05, 3.63) is 53.0 Å². The fraction of sp³-hybridized carbons (Fsp3) is 0.286. The summed E-state index contributed by atoms with van der Waals surface area (Å²) >= 11 is 3.43. The first kappa shape index (κ1) is 18.9. The van der Waals surface area contributed by atoms with E-state index in [1.807, 2.05) is 53.2 Å². The molecule has 2 aliphatic rings. The number of amides is 2. The molecule has 2 aromatic carbocycles. The summed E-state index contributed by atoms with van der Waals surface area (Å²) in [4.78, 5) is 27.0. The van der Waals surface area contributed by atoms with Gasteiger partial charge in [-0.3, -0.25) is 9.59 Å². The molecule has 9 heteroatoms. The molecule has 0 bridgehead atoms. The van der Waals surface area contributed by atoms with Gasteiger partial charge in [0.1, 0.15) is 0 Å². The molecule has 2 heterocycles. The SMILES string of the molecule is O=C(Nc1cccc(-c2nnnn2C2CC2)c1)C1CC(=O)N(c2cccc(Br)c2)C1. The first-order valence-corrected chi connectivity index (χ1v) is 10.6. The molecule has 2 amide bonds. The van der Waals surface area contributed by atoms with Crippen molar-refractivity contribution in [1.29, 1.82) is 0 Å². The molecule has 3 aromatic rings. The lowest BCUT2D eigenvalue weighted by Crippen LogP contribution is -2.28. The molecule has 0 radical (unpaired) electrons. The van der Waals surface area contributed by atoms with Gasteiger partial charge in [-0.25, -0.2) is 4.68 Å². The van der Waals surface area contributed by atoms with E-state index in [0.29, 0.717) is 24.1 Å². The summed E-state index contributed by atoms with van der Waals surface area (Å²) in [5, 5.41) is 15.0. The highest BCUT2D eigenvalue weighted by Gasteiger charge is 2.35. The minimum absolute atomic E-state index is 0.0504. The van der Waals surface area contributed by atoms with Crippen LogP contribution in [0.5, 0.6) is 0 Å². The van der Waals surface area contributed by atoms with Gasteiger partial charge in [0.25, 0.3) is 0 Å². The molecule has 1 saturated heterocycles. The predicted octanol–water partition coefficient (Wildman–Crippen LogP) is 3.43. The predicted molar refractivity (Wildman–Crippen MR) is 115 cm³/mol. The highest BCUT2D eigenvalue weighted by atomic mass is 79.9. The second-order valence-corrected chi connectivity index (χ2v) is 8.55. The van der Waals surface area contributed by atoms with Crippen LogP contribution in [0, 0.1) is 5.92 Å². The second kappa shape index (κ2) is 7.64. The Bertz CT molecular complexity index is 1130. The average molecular weight is 467 g/mol. The van der Waals surface area contributed by atoms with Crippen LogP contribution in [-0.4, -0.2) is 38.6 Å². The van der Waals surface area contributed by atoms with Gasteiger partial charge in [-0.2, -0.15) is 0 Å². The molecular weight excluding hydrogens is 448 g/mol. The molecule has 1 aliphatic carbocycles. The van der Waals surface area contributed by atoms with Gasteiger partial charge in [-0.15, -0.1) is 5.10 Å². The van der Waals surface area contributed by atoms with Crippen molar-refractivity contribution in [1.82, 2.24) is 20.2 Å². The molecular formula is C21H19BrN6O2. The number of carbonyl (C=O) groups excluding carboxylic acids is 2. The van der Waals surface area contributed by atoms with E-state index in [9.17, 15) is 9.59 Å². The summed E-state index contributed by atoms with van der Waals surface area (Å²) in [7, 11) is 0. The van der Waals surface area contributed by atoms with Gasteiger partial charge in [0.2, 0.25) is 11.8 Å². The Hall–Kier alpha value is -3.07. The maximum absolute atomic E-state index is 12.8. The number of nitrogens with zero attached hydrogens (tertiary/aromatic N) is 5. The smallest absolute Gasteiger partial charge is 0.229 e. The quantitative estimate of drug-likeness (QED) is 0.621. The highest BCUT2D eigenvalue weighted by molar-refractivity contribution is 9.10. The molecule has 2 fully saturated rings. The van der Waals surface area contributed by atoms with E-state index < -0.39 is 5.92 Å². The van der Waals surface area contributed by atoms with E-state index >= 15 is 0 Å². The van der Waals surface area contributed by atoms with Crippen molar-refractivity contribution in [2.45, 2.75) is 25.3 Å². The van der Waals surface area contributed by atoms with Crippen LogP contribution in [0.1, 0.15) is 25.3 Å². The third kappa shape index (κ3) is 3.72. The molecule has 1 aliphatic heterocycles. The molecule has 1 unspecified atom stereocenters. The Morgan fingerprint density at radius 1 is 1.13 bits per heavy atom. The van der Waals surface area contributed by atoms with Gasteiger partial charge < -0.3 is 10.2 Å². The van der Waals surface area contributed by atoms with Crippen molar-refractivity contribution < 1.29 is 9.59 Å².